The number of benzene rings is 1. The number of rotatable bonds is 7. The van der Waals surface area contributed by atoms with Crippen molar-refractivity contribution in [1.82, 2.24) is 15.2 Å². The number of halogens is 1. The normalized spacial score (nSPS) is 11.7. The Morgan fingerprint density at radius 2 is 2.10 bits per heavy atom. The number of hydrogen-bond donors (Lipinski definition) is 2. The maximum Gasteiger partial charge on any atom is 0.243 e. The summed E-state index contributed by atoms with van der Waals surface area (Å²) in [5.41, 5.74) is 0.693. The van der Waals surface area contributed by atoms with Crippen molar-refractivity contribution in [2.45, 2.75) is 24.9 Å². The third kappa shape index (κ3) is 4.10. The minimum atomic E-state index is -3.96. The van der Waals surface area contributed by atoms with Gasteiger partial charge in [0.2, 0.25) is 10.0 Å². The average Bonchev–Trinajstić information content (AvgIpc) is 2.97. The Hall–Kier alpha value is -1.77. The molecule has 2 aromatic rings. The Morgan fingerprint density at radius 3 is 2.76 bits per heavy atom. The van der Waals surface area contributed by atoms with E-state index in [1.807, 2.05) is 6.92 Å². The Morgan fingerprint density at radius 1 is 1.29 bits per heavy atom. The van der Waals surface area contributed by atoms with Crippen molar-refractivity contribution in [3.63, 3.8) is 0 Å². The monoisotopic (exact) mass is 313 g/mol. The first kappa shape index (κ1) is 15.6. The van der Waals surface area contributed by atoms with E-state index >= 15 is 0 Å². The topological polar surface area (TPSA) is 84.2 Å². The molecule has 8 heteroatoms. The molecule has 1 aromatic carbocycles. The lowest BCUT2D eigenvalue weighted by Crippen LogP contribution is -2.24. The van der Waals surface area contributed by atoms with Gasteiger partial charge in [0.25, 0.3) is 0 Å². The summed E-state index contributed by atoms with van der Waals surface area (Å²) in [6.07, 6.45) is 1.40. The first-order valence-corrected chi connectivity index (χ1v) is 7.89. The molecule has 0 aliphatic heterocycles. The van der Waals surface area contributed by atoms with Crippen molar-refractivity contribution >= 4 is 10.0 Å². The molecule has 1 aromatic heterocycles. The molecule has 0 radical (unpaired) electrons. The highest BCUT2D eigenvalue weighted by Crippen LogP contribution is 2.17. The summed E-state index contributed by atoms with van der Waals surface area (Å²) in [5, 5.41) is 6.52. The van der Waals surface area contributed by atoms with E-state index in [1.54, 1.807) is 6.07 Å². The largest absolute Gasteiger partial charge is 0.360 e. The van der Waals surface area contributed by atoms with Crippen LogP contribution in [0.1, 0.15) is 18.2 Å². The quantitative estimate of drug-likeness (QED) is 0.807. The molecule has 0 aliphatic carbocycles. The summed E-state index contributed by atoms with van der Waals surface area (Å²) in [6.45, 7) is 3.06. The lowest BCUT2D eigenvalue weighted by Gasteiger charge is -2.09. The average molecular weight is 313 g/mol. The molecule has 6 nitrogen and oxygen atoms in total. The molecule has 2 N–H and O–H groups in total. The second-order valence-electron chi connectivity index (χ2n) is 4.35. The Balaban J connectivity index is 2.17. The van der Waals surface area contributed by atoms with Crippen LogP contribution in [0.2, 0.25) is 0 Å². The van der Waals surface area contributed by atoms with Crippen LogP contribution in [-0.4, -0.2) is 20.1 Å². The zero-order valence-corrected chi connectivity index (χ0v) is 12.3. The summed E-state index contributed by atoms with van der Waals surface area (Å²) in [6, 6.07) is 5.55. The van der Waals surface area contributed by atoms with Gasteiger partial charge in [-0.1, -0.05) is 18.1 Å². The number of hydrogen-bond acceptors (Lipinski definition) is 5. The summed E-state index contributed by atoms with van der Waals surface area (Å²) >= 11 is 0. The zero-order chi connectivity index (χ0) is 15.3. The molecule has 0 fully saturated rings. The minimum absolute atomic E-state index is 0.0841. The molecule has 0 aliphatic rings. The van der Waals surface area contributed by atoms with Crippen LogP contribution in [0, 0.1) is 5.82 Å². The van der Waals surface area contributed by atoms with E-state index in [0.29, 0.717) is 17.9 Å². The summed E-state index contributed by atoms with van der Waals surface area (Å²) in [7, 11) is -3.96. The summed E-state index contributed by atoms with van der Waals surface area (Å²) < 4.78 is 45.1. The molecule has 0 bridgehead atoms. The SMILES string of the molecule is CCNCc1ccc(F)c(S(=O)(=O)NCc2ccno2)c1. The van der Waals surface area contributed by atoms with E-state index in [4.69, 9.17) is 4.52 Å². The standard InChI is InChI=1S/C13H16FN3O3S/c1-2-15-8-10-3-4-12(14)13(7-10)21(18,19)17-9-11-5-6-16-20-11/h3-7,15,17H,2,8-9H2,1H3. The second-order valence-corrected chi connectivity index (χ2v) is 6.08. The van der Waals surface area contributed by atoms with Crippen LogP contribution in [0.3, 0.4) is 0 Å². The fraction of sp³-hybridized carbons (Fsp3) is 0.308. The van der Waals surface area contributed by atoms with Crippen molar-refractivity contribution in [3.05, 3.63) is 47.6 Å². The van der Waals surface area contributed by atoms with Gasteiger partial charge in [-0.25, -0.2) is 17.5 Å². The van der Waals surface area contributed by atoms with Crippen LogP contribution >= 0.6 is 0 Å². The van der Waals surface area contributed by atoms with Gasteiger partial charge in [-0.15, -0.1) is 0 Å². The molecule has 0 unspecified atom stereocenters. The Bertz CT molecular complexity index is 687. The van der Waals surface area contributed by atoms with E-state index < -0.39 is 15.8 Å². The van der Waals surface area contributed by atoms with Crippen molar-refractivity contribution in [2.24, 2.45) is 0 Å². The highest BCUT2D eigenvalue weighted by Gasteiger charge is 2.19. The predicted molar refractivity (Wildman–Crippen MR) is 74.3 cm³/mol. The first-order valence-electron chi connectivity index (χ1n) is 6.41. The third-order valence-corrected chi connectivity index (χ3v) is 4.21. The zero-order valence-electron chi connectivity index (χ0n) is 11.5. The van der Waals surface area contributed by atoms with Crippen molar-refractivity contribution in [1.29, 1.82) is 0 Å². The Kier molecular flexibility index (Phi) is 5.05. The highest BCUT2D eigenvalue weighted by atomic mass is 32.2. The molecule has 0 spiro atoms. The predicted octanol–water partition coefficient (Wildman–Crippen LogP) is 1.40. The molecule has 0 atom stereocenters. The first-order chi connectivity index (χ1) is 10.0. The van der Waals surface area contributed by atoms with E-state index in [2.05, 4.69) is 15.2 Å². The van der Waals surface area contributed by atoms with E-state index in [9.17, 15) is 12.8 Å². The van der Waals surface area contributed by atoms with Crippen LogP contribution < -0.4 is 10.0 Å². The molecule has 21 heavy (non-hydrogen) atoms. The number of nitrogens with one attached hydrogen (secondary N) is 2. The lowest BCUT2D eigenvalue weighted by molar-refractivity contribution is 0.380. The van der Waals surface area contributed by atoms with Gasteiger partial charge in [0.15, 0.2) is 5.76 Å². The van der Waals surface area contributed by atoms with Gasteiger partial charge in [0, 0.05) is 12.6 Å². The summed E-state index contributed by atoms with van der Waals surface area (Å²) in [5.74, 6) is -0.442. The molecule has 2 rings (SSSR count). The van der Waals surface area contributed by atoms with Crippen LogP contribution in [0.25, 0.3) is 0 Å². The number of nitrogens with zero attached hydrogens (tertiary/aromatic N) is 1. The van der Waals surface area contributed by atoms with Crippen molar-refractivity contribution in [2.75, 3.05) is 6.54 Å². The third-order valence-electron chi connectivity index (χ3n) is 2.79. The van der Waals surface area contributed by atoms with Gasteiger partial charge in [-0.05, 0) is 24.2 Å². The van der Waals surface area contributed by atoms with Crippen molar-refractivity contribution in [3.8, 4) is 0 Å². The van der Waals surface area contributed by atoms with Crippen molar-refractivity contribution < 1.29 is 17.3 Å². The van der Waals surface area contributed by atoms with Crippen LogP contribution in [0.15, 0.2) is 39.9 Å². The van der Waals surface area contributed by atoms with Gasteiger partial charge in [0.1, 0.15) is 10.7 Å². The van der Waals surface area contributed by atoms with Gasteiger partial charge >= 0.3 is 0 Å². The molecule has 0 saturated carbocycles. The lowest BCUT2D eigenvalue weighted by atomic mass is 10.2. The second kappa shape index (κ2) is 6.79. The minimum Gasteiger partial charge on any atom is -0.360 e. The highest BCUT2D eigenvalue weighted by molar-refractivity contribution is 7.89. The fourth-order valence-electron chi connectivity index (χ4n) is 1.71. The van der Waals surface area contributed by atoms with Gasteiger partial charge < -0.3 is 9.84 Å². The molecular formula is C13H16FN3O3S. The summed E-state index contributed by atoms with van der Waals surface area (Å²) in [4.78, 5) is -0.377. The smallest absolute Gasteiger partial charge is 0.243 e. The maximum atomic E-state index is 13.8. The molecule has 0 amide bonds. The van der Waals surface area contributed by atoms with Gasteiger partial charge in [-0.2, -0.15) is 0 Å². The van der Waals surface area contributed by atoms with Crippen LogP contribution in [-0.2, 0) is 23.1 Å². The van der Waals surface area contributed by atoms with E-state index in [-0.39, 0.29) is 11.4 Å². The fourth-order valence-corrected chi connectivity index (χ4v) is 2.83. The maximum absolute atomic E-state index is 13.8. The molecule has 114 valence electrons. The van der Waals surface area contributed by atoms with E-state index in [0.717, 1.165) is 12.6 Å². The number of sulfonamides is 1. The van der Waals surface area contributed by atoms with Crippen LogP contribution in [0.4, 0.5) is 4.39 Å². The molecular weight excluding hydrogens is 297 g/mol. The molecule has 1 heterocycles. The van der Waals surface area contributed by atoms with Crippen LogP contribution in [0.5, 0.6) is 0 Å². The number of aromatic nitrogens is 1. The van der Waals surface area contributed by atoms with Gasteiger partial charge in [0.05, 0.1) is 12.7 Å². The van der Waals surface area contributed by atoms with E-state index in [1.165, 1.54) is 18.3 Å². The Labute approximate surface area is 122 Å². The molecule has 0 saturated heterocycles. The van der Waals surface area contributed by atoms with Gasteiger partial charge in [-0.3, -0.25) is 0 Å².